The second-order valence-corrected chi connectivity index (χ2v) is 3.55. The van der Waals surface area contributed by atoms with Crippen molar-refractivity contribution in [1.29, 1.82) is 0 Å². The van der Waals surface area contributed by atoms with Gasteiger partial charge in [-0.25, -0.2) is 0 Å². The van der Waals surface area contributed by atoms with E-state index in [1.165, 1.54) is 11.8 Å². The summed E-state index contributed by atoms with van der Waals surface area (Å²) in [5.74, 6) is 1.00. The van der Waals surface area contributed by atoms with Crippen molar-refractivity contribution in [3.63, 3.8) is 0 Å². The molecule has 0 fully saturated rings. The Hall–Kier alpha value is 1.76. The maximum absolute atomic E-state index is 4.57. The Balaban J connectivity index is 0. The standard InChI is InChI=1S/C3H6S3.Y/c1-2-6-3(4)5;/h2H2,1H3,(H,4,5);/p-1. The van der Waals surface area contributed by atoms with Crippen LogP contribution >= 0.6 is 24.0 Å². The van der Waals surface area contributed by atoms with E-state index in [0.29, 0.717) is 3.53 Å². The van der Waals surface area contributed by atoms with E-state index >= 15 is 0 Å². The first-order chi connectivity index (χ1) is 2.77. The Kier molecular flexibility index (Phi) is 12.8. The second-order valence-electron chi connectivity index (χ2n) is 0.683. The second kappa shape index (κ2) is 7.76. The van der Waals surface area contributed by atoms with E-state index in [1.807, 2.05) is 6.92 Å². The van der Waals surface area contributed by atoms with E-state index in [1.54, 1.807) is 0 Å². The fourth-order valence-electron chi connectivity index (χ4n) is 0.118. The molecule has 0 saturated heterocycles. The van der Waals surface area contributed by atoms with E-state index in [0.717, 1.165) is 5.75 Å². The average molecular weight is 226 g/mol. The summed E-state index contributed by atoms with van der Waals surface area (Å²) >= 11 is 10.7. The van der Waals surface area contributed by atoms with Gasteiger partial charge in [-0.1, -0.05) is 10.5 Å². The first kappa shape index (κ1) is 11.5. The van der Waals surface area contributed by atoms with Crippen molar-refractivity contribution >= 4 is 40.1 Å². The molecule has 0 spiro atoms. The van der Waals surface area contributed by atoms with Gasteiger partial charge in [-0.3, -0.25) is 0 Å². The first-order valence-corrected chi connectivity index (χ1v) is 3.41. The molecule has 0 aliphatic carbocycles. The molecule has 0 bridgehead atoms. The van der Waals surface area contributed by atoms with Crippen LogP contribution in [0.1, 0.15) is 6.92 Å². The third-order valence-electron chi connectivity index (χ3n) is 0.262. The smallest absolute Gasteiger partial charge is 0 e. The molecular formula is C3H5S3Y-. The molecule has 0 unspecified atom stereocenters. The molecule has 0 aromatic heterocycles. The number of thioether (sulfide) groups is 1. The third kappa shape index (κ3) is 11.4. The summed E-state index contributed by atoms with van der Waals surface area (Å²) in [6, 6.07) is 0. The summed E-state index contributed by atoms with van der Waals surface area (Å²) in [6.07, 6.45) is 0. The van der Waals surface area contributed by atoms with Crippen LogP contribution < -0.4 is 0 Å². The van der Waals surface area contributed by atoms with Gasteiger partial charge >= 0.3 is 0 Å². The summed E-state index contributed by atoms with van der Waals surface area (Å²) in [6.45, 7) is 2.03. The first-order valence-electron chi connectivity index (χ1n) is 1.61. The number of hydrogen-bond acceptors (Lipinski definition) is 3. The molecule has 4 heteroatoms. The monoisotopic (exact) mass is 226 g/mol. The minimum atomic E-state index is 0. The summed E-state index contributed by atoms with van der Waals surface area (Å²) < 4.78 is 0.623. The maximum atomic E-state index is 4.57. The van der Waals surface area contributed by atoms with Crippen molar-refractivity contribution in [1.82, 2.24) is 0 Å². The molecule has 7 heavy (non-hydrogen) atoms. The molecular weight excluding hydrogens is 221 g/mol. The molecule has 0 amide bonds. The van der Waals surface area contributed by atoms with Crippen molar-refractivity contribution in [2.24, 2.45) is 0 Å². The van der Waals surface area contributed by atoms with Gasteiger partial charge in [-0.15, -0.1) is 11.8 Å². The minimum Gasteiger partial charge on any atom is -0.422 e. The van der Waals surface area contributed by atoms with Crippen molar-refractivity contribution < 1.29 is 32.7 Å². The number of rotatable bonds is 1. The molecule has 0 aromatic rings. The molecule has 0 aliphatic rings. The number of thiocarbonyl (C=S) groups is 1. The molecule has 39 valence electrons. The van der Waals surface area contributed by atoms with Gasteiger partial charge in [0.25, 0.3) is 0 Å². The zero-order chi connectivity index (χ0) is 4.99. The topological polar surface area (TPSA) is 0 Å². The summed E-state index contributed by atoms with van der Waals surface area (Å²) in [5, 5.41) is 0. The predicted octanol–water partition coefficient (Wildman–Crippen LogP) is 1.57. The Morgan fingerprint density at radius 2 is 2.29 bits per heavy atom. The molecule has 0 saturated carbocycles. The average Bonchev–Trinajstić information content (AvgIpc) is 1.35. The van der Waals surface area contributed by atoms with Gasteiger partial charge in [0, 0.05) is 32.7 Å². The molecule has 0 aromatic carbocycles. The van der Waals surface area contributed by atoms with Gasteiger partial charge in [0.05, 0.1) is 0 Å². The van der Waals surface area contributed by atoms with Crippen LogP contribution in [0.4, 0.5) is 0 Å². The third-order valence-corrected chi connectivity index (χ3v) is 1.49. The van der Waals surface area contributed by atoms with Crippen LogP contribution in [0.2, 0.25) is 0 Å². The molecule has 0 N–H and O–H groups in total. The molecule has 1 radical (unpaired) electrons. The fourth-order valence-corrected chi connectivity index (χ4v) is 1.06. The van der Waals surface area contributed by atoms with Crippen LogP contribution in [0.25, 0.3) is 0 Å². The van der Waals surface area contributed by atoms with Crippen LogP contribution in [-0.2, 0) is 45.3 Å². The Morgan fingerprint density at radius 3 is 2.29 bits per heavy atom. The van der Waals surface area contributed by atoms with Crippen molar-refractivity contribution in [2.75, 3.05) is 5.75 Å². The van der Waals surface area contributed by atoms with Gasteiger partial charge in [0.1, 0.15) is 0 Å². The number of hydrogen-bond donors (Lipinski definition) is 0. The zero-order valence-electron chi connectivity index (χ0n) is 4.01. The van der Waals surface area contributed by atoms with Crippen molar-refractivity contribution in [2.45, 2.75) is 6.92 Å². The van der Waals surface area contributed by atoms with Crippen molar-refractivity contribution in [3.05, 3.63) is 0 Å². The van der Waals surface area contributed by atoms with E-state index in [9.17, 15) is 0 Å². The van der Waals surface area contributed by atoms with Crippen LogP contribution in [0.15, 0.2) is 0 Å². The molecule has 0 atom stereocenters. The van der Waals surface area contributed by atoms with Gasteiger partial charge in [-0.2, -0.15) is 0 Å². The van der Waals surface area contributed by atoms with Crippen LogP contribution in [0.3, 0.4) is 0 Å². The van der Waals surface area contributed by atoms with Gasteiger partial charge < -0.3 is 24.8 Å². The van der Waals surface area contributed by atoms with Gasteiger partial charge in [-0.05, 0) is 5.75 Å². The Morgan fingerprint density at radius 1 is 1.86 bits per heavy atom. The van der Waals surface area contributed by atoms with Crippen molar-refractivity contribution in [3.8, 4) is 0 Å². The largest absolute Gasteiger partial charge is 0.422 e. The van der Waals surface area contributed by atoms with E-state index < -0.39 is 0 Å². The quantitative estimate of drug-likeness (QED) is 0.492. The summed E-state index contributed by atoms with van der Waals surface area (Å²) in [5.41, 5.74) is 0. The SMILES string of the molecule is CCSC(=S)[S-].[Y]. The molecule has 0 nitrogen and oxygen atoms in total. The van der Waals surface area contributed by atoms with E-state index in [4.69, 9.17) is 0 Å². The molecule has 0 rings (SSSR count). The molecule has 0 heterocycles. The van der Waals surface area contributed by atoms with Crippen LogP contribution in [-0.4, -0.2) is 9.28 Å². The Bertz CT molecular complexity index is 54.1. The predicted molar refractivity (Wildman–Crippen MR) is 38.1 cm³/mol. The van der Waals surface area contributed by atoms with Gasteiger partial charge in [0.2, 0.25) is 0 Å². The maximum Gasteiger partial charge on any atom is 0 e. The normalized spacial score (nSPS) is 7.00. The summed E-state index contributed by atoms with van der Waals surface area (Å²) in [7, 11) is 0. The van der Waals surface area contributed by atoms with Crippen LogP contribution in [0, 0.1) is 0 Å². The zero-order valence-corrected chi connectivity index (χ0v) is 9.30. The fraction of sp³-hybridized carbons (Fsp3) is 0.667. The summed E-state index contributed by atoms with van der Waals surface area (Å²) in [4.78, 5) is 0. The molecule has 0 aliphatic heterocycles. The van der Waals surface area contributed by atoms with Gasteiger partial charge in [0.15, 0.2) is 0 Å². The van der Waals surface area contributed by atoms with E-state index in [2.05, 4.69) is 24.8 Å². The Labute approximate surface area is 84.5 Å². The minimum absolute atomic E-state index is 0. The van der Waals surface area contributed by atoms with E-state index in [-0.39, 0.29) is 32.7 Å². The van der Waals surface area contributed by atoms with Crippen LogP contribution in [0.5, 0.6) is 0 Å².